The molecular weight excluding hydrogens is 442 g/mol. The van der Waals surface area contributed by atoms with Crippen LogP contribution >= 0.6 is 28.3 Å². The molecule has 1 aliphatic rings. The summed E-state index contributed by atoms with van der Waals surface area (Å²) in [6.45, 7) is 2.40. The first-order chi connectivity index (χ1) is 13.3. The zero-order valence-corrected chi connectivity index (χ0v) is 17.6. The number of rotatable bonds is 7. The molecule has 0 saturated heterocycles. The van der Waals surface area contributed by atoms with Gasteiger partial charge in [-0.15, -0.1) is 12.4 Å². The largest absolute Gasteiger partial charge is 0.488 e. The zero-order chi connectivity index (χ0) is 18.5. The van der Waals surface area contributed by atoms with E-state index >= 15 is 0 Å². The van der Waals surface area contributed by atoms with Crippen LogP contribution in [0.1, 0.15) is 16.7 Å². The van der Waals surface area contributed by atoms with Crippen LogP contribution < -0.4 is 19.5 Å². The highest BCUT2D eigenvalue weighted by atomic mass is 79.9. The van der Waals surface area contributed by atoms with E-state index in [0.29, 0.717) is 13.4 Å². The first-order valence-electron chi connectivity index (χ1n) is 8.82. The molecule has 6 heteroatoms. The van der Waals surface area contributed by atoms with Gasteiger partial charge >= 0.3 is 0 Å². The van der Waals surface area contributed by atoms with Crippen molar-refractivity contribution in [3.63, 3.8) is 0 Å². The van der Waals surface area contributed by atoms with Crippen molar-refractivity contribution in [3.05, 3.63) is 87.9 Å². The smallest absolute Gasteiger partial charge is 0.231 e. The van der Waals surface area contributed by atoms with E-state index in [1.54, 1.807) is 0 Å². The summed E-state index contributed by atoms with van der Waals surface area (Å²) in [6, 6.07) is 22.4. The van der Waals surface area contributed by atoms with Gasteiger partial charge in [-0.3, -0.25) is 0 Å². The van der Waals surface area contributed by atoms with Gasteiger partial charge in [0, 0.05) is 13.1 Å². The summed E-state index contributed by atoms with van der Waals surface area (Å²) in [7, 11) is 0. The topological polar surface area (TPSA) is 39.7 Å². The molecule has 0 aliphatic carbocycles. The molecule has 28 heavy (non-hydrogen) atoms. The summed E-state index contributed by atoms with van der Waals surface area (Å²) in [5, 5.41) is 3.46. The Morgan fingerprint density at radius 3 is 2.32 bits per heavy atom. The molecule has 0 spiro atoms. The van der Waals surface area contributed by atoms with Crippen molar-refractivity contribution in [2.75, 3.05) is 6.79 Å². The summed E-state index contributed by atoms with van der Waals surface area (Å²) in [6.07, 6.45) is 0. The van der Waals surface area contributed by atoms with Crippen molar-refractivity contribution < 1.29 is 14.2 Å². The molecule has 1 heterocycles. The van der Waals surface area contributed by atoms with Crippen LogP contribution in [-0.4, -0.2) is 6.79 Å². The summed E-state index contributed by atoms with van der Waals surface area (Å²) >= 11 is 3.61. The molecule has 146 valence electrons. The number of benzene rings is 3. The van der Waals surface area contributed by atoms with E-state index in [1.165, 1.54) is 11.1 Å². The third-order valence-electron chi connectivity index (χ3n) is 4.33. The first-order valence-corrected chi connectivity index (χ1v) is 9.61. The van der Waals surface area contributed by atoms with Crippen LogP contribution in [0.5, 0.6) is 17.2 Å². The number of hydrogen-bond donors (Lipinski definition) is 1. The normalized spacial score (nSPS) is 11.8. The Hall–Kier alpha value is -2.21. The summed E-state index contributed by atoms with van der Waals surface area (Å²) < 4.78 is 17.6. The maximum atomic E-state index is 5.90. The van der Waals surface area contributed by atoms with Gasteiger partial charge in [-0.05, 0) is 56.9 Å². The zero-order valence-electron chi connectivity index (χ0n) is 15.2. The first kappa shape index (κ1) is 20.5. The summed E-state index contributed by atoms with van der Waals surface area (Å²) in [5.74, 6) is 2.48. The lowest BCUT2D eigenvalue weighted by molar-refractivity contribution is 0.174. The maximum Gasteiger partial charge on any atom is 0.231 e. The van der Waals surface area contributed by atoms with Gasteiger partial charge in [0.2, 0.25) is 6.79 Å². The average Bonchev–Trinajstić information content (AvgIpc) is 3.16. The second-order valence-electron chi connectivity index (χ2n) is 6.33. The van der Waals surface area contributed by atoms with Crippen LogP contribution in [0.2, 0.25) is 0 Å². The summed E-state index contributed by atoms with van der Waals surface area (Å²) in [4.78, 5) is 0. The van der Waals surface area contributed by atoms with Gasteiger partial charge in [0.05, 0.1) is 4.47 Å². The van der Waals surface area contributed by atoms with E-state index in [9.17, 15) is 0 Å². The standard InChI is InChI=1S/C22H20BrNO3.ClH/c23-19-10-17(6-8-20(19)25-14-16-4-2-1-3-5-16)12-24-13-18-7-9-21-22(11-18)27-15-26-21;/h1-11,24H,12-15H2;1H. The Labute approximate surface area is 179 Å². The lowest BCUT2D eigenvalue weighted by Crippen LogP contribution is -2.12. The van der Waals surface area contributed by atoms with Crippen molar-refractivity contribution in [3.8, 4) is 17.2 Å². The van der Waals surface area contributed by atoms with E-state index in [0.717, 1.165) is 40.4 Å². The van der Waals surface area contributed by atoms with E-state index in [2.05, 4.69) is 51.6 Å². The van der Waals surface area contributed by atoms with Crippen LogP contribution in [0.15, 0.2) is 71.2 Å². The molecule has 1 N–H and O–H groups in total. The van der Waals surface area contributed by atoms with Crippen molar-refractivity contribution in [2.45, 2.75) is 19.7 Å². The molecule has 0 atom stereocenters. The molecule has 4 nitrogen and oxygen atoms in total. The molecule has 1 aliphatic heterocycles. The van der Waals surface area contributed by atoms with Crippen LogP contribution in [-0.2, 0) is 19.7 Å². The Balaban J connectivity index is 0.00000225. The van der Waals surface area contributed by atoms with Gasteiger partial charge in [0.1, 0.15) is 12.4 Å². The number of hydrogen-bond acceptors (Lipinski definition) is 4. The number of halogens is 2. The summed E-state index contributed by atoms with van der Waals surface area (Å²) in [5.41, 5.74) is 3.51. The van der Waals surface area contributed by atoms with E-state index in [-0.39, 0.29) is 12.4 Å². The molecule has 0 aromatic heterocycles. The maximum absolute atomic E-state index is 5.90. The fourth-order valence-electron chi connectivity index (χ4n) is 2.91. The molecule has 0 radical (unpaired) electrons. The molecule has 0 amide bonds. The molecule has 0 saturated carbocycles. The Kier molecular flexibility index (Phi) is 7.20. The third kappa shape index (κ3) is 5.19. The molecule has 3 aromatic carbocycles. The SMILES string of the molecule is Brc1cc(CNCc2ccc3c(c2)OCO3)ccc1OCc1ccccc1.Cl. The minimum absolute atomic E-state index is 0. The van der Waals surface area contributed by atoms with Gasteiger partial charge < -0.3 is 19.5 Å². The lowest BCUT2D eigenvalue weighted by atomic mass is 10.2. The number of ether oxygens (including phenoxy) is 3. The van der Waals surface area contributed by atoms with E-state index in [4.69, 9.17) is 14.2 Å². The monoisotopic (exact) mass is 461 g/mol. The second-order valence-corrected chi connectivity index (χ2v) is 7.18. The van der Waals surface area contributed by atoms with Crippen LogP contribution in [0.4, 0.5) is 0 Å². The van der Waals surface area contributed by atoms with Gasteiger partial charge in [-0.2, -0.15) is 0 Å². The highest BCUT2D eigenvalue weighted by Crippen LogP contribution is 2.32. The van der Waals surface area contributed by atoms with Crippen molar-refractivity contribution in [1.29, 1.82) is 0 Å². The Bertz CT molecular complexity index is 921. The van der Waals surface area contributed by atoms with Gasteiger partial charge in [0.25, 0.3) is 0 Å². The lowest BCUT2D eigenvalue weighted by Gasteiger charge is -2.11. The minimum Gasteiger partial charge on any atom is -0.488 e. The number of nitrogens with one attached hydrogen (secondary N) is 1. The quantitative estimate of drug-likeness (QED) is 0.505. The third-order valence-corrected chi connectivity index (χ3v) is 4.95. The molecule has 4 rings (SSSR count). The number of fused-ring (bicyclic) bond motifs is 1. The Morgan fingerprint density at radius 2 is 1.54 bits per heavy atom. The average molecular weight is 463 g/mol. The fourth-order valence-corrected chi connectivity index (χ4v) is 3.45. The predicted octanol–water partition coefficient (Wildman–Crippen LogP) is 5.47. The van der Waals surface area contributed by atoms with Crippen molar-refractivity contribution in [2.24, 2.45) is 0 Å². The highest BCUT2D eigenvalue weighted by Gasteiger charge is 2.12. The highest BCUT2D eigenvalue weighted by molar-refractivity contribution is 9.10. The van der Waals surface area contributed by atoms with Crippen LogP contribution in [0, 0.1) is 0 Å². The van der Waals surface area contributed by atoms with Gasteiger partial charge in [-0.25, -0.2) is 0 Å². The van der Waals surface area contributed by atoms with E-state index in [1.807, 2.05) is 36.4 Å². The predicted molar refractivity (Wildman–Crippen MR) is 115 cm³/mol. The Morgan fingerprint density at radius 1 is 0.821 bits per heavy atom. The second kappa shape index (κ2) is 9.82. The molecule has 0 bridgehead atoms. The van der Waals surface area contributed by atoms with Crippen LogP contribution in [0.25, 0.3) is 0 Å². The molecule has 0 unspecified atom stereocenters. The fraction of sp³-hybridized carbons (Fsp3) is 0.182. The molecule has 3 aromatic rings. The molecular formula is C22H21BrClNO3. The van der Waals surface area contributed by atoms with Crippen molar-refractivity contribution >= 4 is 28.3 Å². The van der Waals surface area contributed by atoms with Crippen LogP contribution in [0.3, 0.4) is 0 Å². The van der Waals surface area contributed by atoms with E-state index < -0.39 is 0 Å². The molecule has 0 fully saturated rings. The van der Waals surface area contributed by atoms with Gasteiger partial charge in [0.15, 0.2) is 11.5 Å². The van der Waals surface area contributed by atoms with Crippen molar-refractivity contribution in [1.82, 2.24) is 5.32 Å². The minimum atomic E-state index is 0. The van der Waals surface area contributed by atoms with Gasteiger partial charge in [-0.1, -0.05) is 42.5 Å².